The summed E-state index contributed by atoms with van der Waals surface area (Å²) in [5.74, 6) is -0.531. The van der Waals surface area contributed by atoms with Gasteiger partial charge in [-0.1, -0.05) is 32.0 Å². The highest BCUT2D eigenvalue weighted by Crippen LogP contribution is 2.36. The summed E-state index contributed by atoms with van der Waals surface area (Å²) in [6.45, 7) is 6.53. The maximum atomic E-state index is 13.5. The molecular weight excluding hydrogens is 497 g/mol. The fraction of sp³-hybridized carbons (Fsp3) is 0.258. The molecule has 0 unspecified atom stereocenters. The molecule has 0 saturated carbocycles. The number of fused-ring (bicyclic) bond motifs is 1. The number of hydrogen-bond donors (Lipinski definition) is 2. The average Bonchev–Trinajstić information content (AvgIpc) is 3.58. The topological polar surface area (TPSA) is 91.7 Å². The SMILES string of the molecule is CC.CNC(=O)c1c(-c2ccc(F)cc2)oc2ccc(-c3cccc(C(=O)N4CC[C@H](NC(C)=O)C4)c3)cc12. The van der Waals surface area contributed by atoms with Crippen LogP contribution in [0.2, 0.25) is 0 Å². The summed E-state index contributed by atoms with van der Waals surface area (Å²) in [4.78, 5) is 39.1. The van der Waals surface area contributed by atoms with Crippen molar-refractivity contribution < 1.29 is 23.2 Å². The Kier molecular flexibility index (Phi) is 8.44. The Labute approximate surface area is 227 Å². The number of nitrogens with zero attached hydrogens (tertiary/aromatic N) is 1. The van der Waals surface area contributed by atoms with Crippen molar-refractivity contribution in [1.29, 1.82) is 0 Å². The molecule has 5 rings (SSSR count). The monoisotopic (exact) mass is 529 g/mol. The van der Waals surface area contributed by atoms with Gasteiger partial charge < -0.3 is 20.0 Å². The maximum absolute atomic E-state index is 13.5. The van der Waals surface area contributed by atoms with E-state index in [0.717, 1.165) is 17.5 Å². The molecule has 1 aliphatic heterocycles. The molecule has 1 aliphatic rings. The van der Waals surface area contributed by atoms with Gasteiger partial charge in [0.15, 0.2) is 0 Å². The van der Waals surface area contributed by atoms with Gasteiger partial charge in [-0.2, -0.15) is 0 Å². The van der Waals surface area contributed by atoms with Crippen molar-refractivity contribution in [3.8, 4) is 22.5 Å². The van der Waals surface area contributed by atoms with Crippen LogP contribution in [0.1, 0.15) is 47.9 Å². The first kappa shape index (κ1) is 27.6. The van der Waals surface area contributed by atoms with Crippen LogP contribution >= 0.6 is 0 Å². The van der Waals surface area contributed by atoms with E-state index in [0.29, 0.717) is 46.5 Å². The lowest BCUT2D eigenvalue weighted by atomic mass is 9.99. The molecule has 4 aromatic rings. The number of hydrogen-bond acceptors (Lipinski definition) is 4. The maximum Gasteiger partial charge on any atom is 0.255 e. The average molecular weight is 530 g/mol. The van der Waals surface area contributed by atoms with Crippen molar-refractivity contribution in [2.24, 2.45) is 0 Å². The molecule has 3 aromatic carbocycles. The molecule has 202 valence electrons. The van der Waals surface area contributed by atoms with E-state index >= 15 is 0 Å². The number of furan rings is 1. The van der Waals surface area contributed by atoms with Crippen molar-refractivity contribution in [3.05, 3.63) is 83.7 Å². The van der Waals surface area contributed by atoms with Crippen molar-refractivity contribution in [1.82, 2.24) is 15.5 Å². The Morgan fingerprint density at radius 2 is 1.64 bits per heavy atom. The number of carbonyl (C=O) groups excluding carboxylic acids is 3. The Balaban J connectivity index is 0.00000172. The van der Waals surface area contributed by atoms with Crippen molar-refractivity contribution in [2.45, 2.75) is 33.2 Å². The minimum atomic E-state index is -0.377. The summed E-state index contributed by atoms with van der Waals surface area (Å²) in [6, 6.07) is 18.6. The second kappa shape index (κ2) is 11.9. The second-order valence-corrected chi connectivity index (χ2v) is 9.12. The first-order valence-corrected chi connectivity index (χ1v) is 13.1. The van der Waals surface area contributed by atoms with E-state index in [1.165, 1.54) is 19.1 Å². The van der Waals surface area contributed by atoms with Gasteiger partial charge in [-0.15, -0.1) is 0 Å². The molecule has 0 bridgehead atoms. The molecule has 0 radical (unpaired) electrons. The molecule has 2 heterocycles. The molecule has 3 amide bonds. The van der Waals surface area contributed by atoms with Crippen LogP contribution in [-0.2, 0) is 4.79 Å². The lowest BCUT2D eigenvalue weighted by Crippen LogP contribution is -2.37. The first-order valence-electron chi connectivity index (χ1n) is 13.1. The van der Waals surface area contributed by atoms with Gasteiger partial charge in [0.2, 0.25) is 5.91 Å². The van der Waals surface area contributed by atoms with Crippen LogP contribution in [0.5, 0.6) is 0 Å². The van der Waals surface area contributed by atoms with Crippen molar-refractivity contribution in [2.75, 3.05) is 20.1 Å². The molecule has 1 fully saturated rings. The number of nitrogens with one attached hydrogen (secondary N) is 2. The molecule has 2 N–H and O–H groups in total. The summed E-state index contributed by atoms with van der Waals surface area (Å²) in [7, 11) is 1.55. The van der Waals surface area contributed by atoms with E-state index in [1.807, 2.05) is 44.2 Å². The van der Waals surface area contributed by atoms with Crippen LogP contribution in [0.15, 0.2) is 71.1 Å². The zero-order valence-corrected chi connectivity index (χ0v) is 22.5. The van der Waals surface area contributed by atoms with E-state index in [2.05, 4.69) is 10.6 Å². The summed E-state index contributed by atoms with van der Waals surface area (Å²) in [6.07, 6.45) is 0.723. The lowest BCUT2D eigenvalue weighted by molar-refractivity contribution is -0.119. The molecular formula is C31H32FN3O4. The largest absolute Gasteiger partial charge is 0.455 e. The molecule has 7 nitrogen and oxygen atoms in total. The second-order valence-electron chi connectivity index (χ2n) is 9.12. The van der Waals surface area contributed by atoms with Gasteiger partial charge in [0.05, 0.1) is 5.56 Å². The van der Waals surface area contributed by atoms with Crippen LogP contribution in [0.4, 0.5) is 4.39 Å². The Morgan fingerprint density at radius 3 is 2.33 bits per heavy atom. The molecule has 1 aromatic heterocycles. The first-order chi connectivity index (χ1) is 18.8. The molecule has 1 saturated heterocycles. The number of carbonyl (C=O) groups is 3. The van der Waals surface area contributed by atoms with Crippen LogP contribution in [0, 0.1) is 5.82 Å². The van der Waals surface area contributed by atoms with Crippen molar-refractivity contribution >= 4 is 28.7 Å². The fourth-order valence-electron chi connectivity index (χ4n) is 4.80. The van der Waals surface area contributed by atoms with E-state index < -0.39 is 0 Å². The van der Waals surface area contributed by atoms with Gasteiger partial charge in [-0.25, -0.2) is 4.39 Å². The predicted octanol–water partition coefficient (Wildman–Crippen LogP) is 5.64. The van der Waals surface area contributed by atoms with E-state index in [4.69, 9.17) is 4.42 Å². The zero-order chi connectivity index (χ0) is 28.1. The number of amides is 3. The Bertz CT molecular complexity index is 1510. The quantitative estimate of drug-likeness (QED) is 0.350. The third-order valence-electron chi connectivity index (χ3n) is 6.57. The summed E-state index contributed by atoms with van der Waals surface area (Å²) >= 11 is 0. The molecule has 0 spiro atoms. The van der Waals surface area contributed by atoms with Gasteiger partial charge >= 0.3 is 0 Å². The van der Waals surface area contributed by atoms with Crippen LogP contribution in [-0.4, -0.2) is 48.8 Å². The van der Waals surface area contributed by atoms with Gasteiger partial charge in [0, 0.05) is 49.6 Å². The number of benzene rings is 3. The third kappa shape index (κ3) is 5.85. The van der Waals surface area contributed by atoms with E-state index in [9.17, 15) is 18.8 Å². The molecule has 39 heavy (non-hydrogen) atoms. The predicted molar refractivity (Wildman–Crippen MR) is 150 cm³/mol. The van der Waals surface area contributed by atoms with E-state index in [1.54, 1.807) is 36.2 Å². The van der Waals surface area contributed by atoms with Crippen LogP contribution in [0.25, 0.3) is 33.4 Å². The highest BCUT2D eigenvalue weighted by molar-refractivity contribution is 6.11. The summed E-state index contributed by atoms with van der Waals surface area (Å²) in [5.41, 5.74) is 3.66. The van der Waals surface area contributed by atoms with Crippen LogP contribution in [0.3, 0.4) is 0 Å². The molecule has 1 atom stereocenters. The van der Waals surface area contributed by atoms with Gasteiger partial charge in [0.25, 0.3) is 11.8 Å². The van der Waals surface area contributed by atoms with Gasteiger partial charge in [-0.3, -0.25) is 14.4 Å². The van der Waals surface area contributed by atoms with E-state index in [-0.39, 0.29) is 29.6 Å². The van der Waals surface area contributed by atoms with Gasteiger partial charge in [0.1, 0.15) is 17.2 Å². The zero-order valence-electron chi connectivity index (χ0n) is 22.5. The fourth-order valence-corrected chi connectivity index (χ4v) is 4.80. The number of likely N-dealkylation sites (tertiary alicyclic amines) is 1. The van der Waals surface area contributed by atoms with Crippen molar-refractivity contribution in [3.63, 3.8) is 0 Å². The molecule has 0 aliphatic carbocycles. The Hall–Kier alpha value is -4.46. The summed E-state index contributed by atoms with van der Waals surface area (Å²) < 4.78 is 19.5. The summed E-state index contributed by atoms with van der Waals surface area (Å²) in [5, 5.41) is 6.15. The smallest absolute Gasteiger partial charge is 0.255 e. The van der Waals surface area contributed by atoms with Crippen LogP contribution < -0.4 is 10.6 Å². The van der Waals surface area contributed by atoms with Gasteiger partial charge in [-0.05, 0) is 66.1 Å². The lowest BCUT2D eigenvalue weighted by Gasteiger charge is -2.17. The normalized spacial score (nSPS) is 14.5. The highest BCUT2D eigenvalue weighted by atomic mass is 19.1. The minimum Gasteiger partial charge on any atom is -0.455 e. The minimum absolute atomic E-state index is 0.0356. The Morgan fingerprint density at radius 1 is 0.949 bits per heavy atom. The highest BCUT2D eigenvalue weighted by Gasteiger charge is 2.27. The molecule has 8 heteroatoms. The standard InChI is InChI=1S/C29H26FN3O4.C2H6/c1-17(34)32-23-12-13-33(16-23)29(36)21-5-3-4-19(14-21)20-8-11-25-24(15-20)26(28(35)31-2)27(37-25)18-6-9-22(30)10-7-18;1-2/h3-11,14-15,23H,12-13,16H2,1-2H3,(H,31,35)(H,32,34);1-2H3/t23-;/m0./s1. The number of halogens is 1. The third-order valence-corrected chi connectivity index (χ3v) is 6.57. The number of rotatable bonds is 5.